The first-order valence-electron chi connectivity index (χ1n) is 8.46. The fourth-order valence-corrected chi connectivity index (χ4v) is 3.29. The molecular weight excluding hydrogens is 401 g/mol. The molecule has 0 bridgehead atoms. The van der Waals surface area contributed by atoms with Crippen molar-refractivity contribution in [1.29, 1.82) is 0 Å². The van der Waals surface area contributed by atoms with Crippen LogP contribution in [0.1, 0.15) is 17.3 Å². The van der Waals surface area contributed by atoms with Crippen molar-refractivity contribution in [3.63, 3.8) is 0 Å². The van der Waals surface area contributed by atoms with E-state index in [1.807, 2.05) is 0 Å². The van der Waals surface area contributed by atoms with Crippen molar-refractivity contribution in [3.8, 4) is 23.0 Å². The number of benzene rings is 2. The van der Waals surface area contributed by atoms with Crippen LogP contribution in [0.25, 0.3) is 11.5 Å². The number of nitrogens with one attached hydrogen (secondary N) is 1. The molecule has 0 radical (unpaired) electrons. The molecular formula is C19H14FN3O5S. The molecule has 1 aliphatic rings. The molecule has 0 unspecified atom stereocenters. The molecule has 1 amide bonds. The van der Waals surface area contributed by atoms with Gasteiger partial charge in [0.1, 0.15) is 5.82 Å². The van der Waals surface area contributed by atoms with E-state index in [1.54, 1.807) is 18.2 Å². The lowest BCUT2D eigenvalue weighted by Crippen LogP contribution is -2.09. The van der Waals surface area contributed by atoms with Gasteiger partial charge in [-0.15, -0.1) is 10.2 Å². The Labute approximate surface area is 168 Å². The third kappa shape index (κ3) is 4.21. The lowest BCUT2D eigenvalue weighted by molar-refractivity contribution is -0.114. The molecule has 1 aromatic heterocycles. The maximum absolute atomic E-state index is 14.2. The summed E-state index contributed by atoms with van der Waals surface area (Å²) in [6, 6.07) is 9.12. The average Bonchev–Trinajstić information content (AvgIpc) is 3.34. The third-order valence-corrected chi connectivity index (χ3v) is 4.76. The van der Waals surface area contributed by atoms with Crippen LogP contribution in [0.2, 0.25) is 0 Å². The number of ether oxygens (including phenoxy) is 2. The number of nitrogens with zero attached hydrogens (tertiary/aromatic N) is 2. The van der Waals surface area contributed by atoms with E-state index in [0.717, 1.165) is 17.8 Å². The van der Waals surface area contributed by atoms with Crippen LogP contribution < -0.4 is 14.8 Å². The third-order valence-electron chi connectivity index (χ3n) is 3.94. The van der Waals surface area contributed by atoms with E-state index in [9.17, 15) is 14.0 Å². The first-order chi connectivity index (χ1) is 14.0. The number of amides is 1. The minimum atomic E-state index is -0.714. The normalized spacial score (nSPS) is 12.1. The SMILES string of the molecule is CC(=O)Nc1ccc(C(=O)CSc2nnc(-c3ccc4c(c3)OCO4)o2)c(F)c1. The van der Waals surface area contributed by atoms with Gasteiger partial charge in [0.25, 0.3) is 5.22 Å². The van der Waals surface area contributed by atoms with E-state index in [0.29, 0.717) is 17.1 Å². The number of halogens is 1. The van der Waals surface area contributed by atoms with Gasteiger partial charge in [0.2, 0.25) is 18.6 Å². The second-order valence-corrected chi connectivity index (χ2v) is 6.96. The lowest BCUT2D eigenvalue weighted by atomic mass is 10.1. The molecule has 4 rings (SSSR count). The Morgan fingerprint density at radius 2 is 1.97 bits per heavy atom. The van der Waals surface area contributed by atoms with Crippen LogP contribution in [-0.4, -0.2) is 34.4 Å². The number of anilines is 1. The number of fused-ring (bicyclic) bond motifs is 1. The summed E-state index contributed by atoms with van der Waals surface area (Å²) in [5, 5.41) is 10.5. The summed E-state index contributed by atoms with van der Waals surface area (Å²) in [4.78, 5) is 23.3. The van der Waals surface area contributed by atoms with Crippen LogP contribution in [0, 0.1) is 5.82 Å². The molecule has 2 aromatic carbocycles. The summed E-state index contributed by atoms with van der Waals surface area (Å²) in [7, 11) is 0. The Hall–Kier alpha value is -3.40. The van der Waals surface area contributed by atoms with E-state index >= 15 is 0 Å². The summed E-state index contributed by atoms with van der Waals surface area (Å²) in [5.41, 5.74) is 0.853. The Balaban J connectivity index is 1.41. The van der Waals surface area contributed by atoms with Crippen LogP contribution in [-0.2, 0) is 4.79 Å². The minimum absolute atomic E-state index is 0.0814. The summed E-state index contributed by atoms with van der Waals surface area (Å²) in [5.74, 6) is -0.0710. The maximum atomic E-state index is 14.2. The van der Waals surface area contributed by atoms with Crippen LogP contribution in [0.15, 0.2) is 46.0 Å². The van der Waals surface area contributed by atoms with Gasteiger partial charge < -0.3 is 19.2 Å². The van der Waals surface area contributed by atoms with Gasteiger partial charge in [0.15, 0.2) is 17.3 Å². The molecule has 10 heteroatoms. The van der Waals surface area contributed by atoms with Gasteiger partial charge in [-0.3, -0.25) is 9.59 Å². The number of rotatable bonds is 6. The zero-order chi connectivity index (χ0) is 20.4. The van der Waals surface area contributed by atoms with Gasteiger partial charge in [-0.2, -0.15) is 0 Å². The predicted molar refractivity (Wildman–Crippen MR) is 102 cm³/mol. The highest BCUT2D eigenvalue weighted by Crippen LogP contribution is 2.36. The largest absolute Gasteiger partial charge is 0.454 e. The Bertz CT molecular complexity index is 1100. The molecule has 2 heterocycles. The summed E-state index contributed by atoms with van der Waals surface area (Å²) >= 11 is 1.01. The van der Waals surface area contributed by atoms with Gasteiger partial charge in [0.05, 0.1) is 11.3 Å². The zero-order valence-corrected chi connectivity index (χ0v) is 15.9. The van der Waals surface area contributed by atoms with Crippen molar-refractivity contribution in [3.05, 3.63) is 47.8 Å². The molecule has 148 valence electrons. The van der Waals surface area contributed by atoms with Crippen molar-refractivity contribution in [2.24, 2.45) is 0 Å². The highest BCUT2D eigenvalue weighted by molar-refractivity contribution is 7.99. The molecule has 0 saturated carbocycles. The predicted octanol–water partition coefficient (Wildman–Crippen LogP) is 3.54. The highest BCUT2D eigenvalue weighted by atomic mass is 32.2. The fraction of sp³-hybridized carbons (Fsp3) is 0.158. The molecule has 1 aliphatic heterocycles. The number of hydrogen-bond acceptors (Lipinski definition) is 8. The first-order valence-corrected chi connectivity index (χ1v) is 9.45. The molecule has 3 aromatic rings. The van der Waals surface area contributed by atoms with Crippen molar-refractivity contribution in [1.82, 2.24) is 10.2 Å². The van der Waals surface area contributed by atoms with Crippen LogP contribution in [0.4, 0.5) is 10.1 Å². The average molecular weight is 415 g/mol. The summed E-state index contributed by atoms with van der Waals surface area (Å²) < 4.78 is 30.3. The Kier molecular flexibility index (Phi) is 5.17. The van der Waals surface area contributed by atoms with E-state index in [1.165, 1.54) is 19.1 Å². The van der Waals surface area contributed by atoms with Crippen molar-refractivity contribution in [2.45, 2.75) is 12.1 Å². The van der Waals surface area contributed by atoms with E-state index in [-0.39, 0.29) is 40.8 Å². The number of aromatic nitrogens is 2. The highest BCUT2D eigenvalue weighted by Gasteiger charge is 2.18. The van der Waals surface area contributed by atoms with Gasteiger partial charge in [0, 0.05) is 18.2 Å². The number of carbonyl (C=O) groups is 2. The van der Waals surface area contributed by atoms with E-state index < -0.39 is 11.6 Å². The number of ketones is 1. The Morgan fingerprint density at radius 3 is 2.76 bits per heavy atom. The number of thioether (sulfide) groups is 1. The Morgan fingerprint density at radius 1 is 1.14 bits per heavy atom. The molecule has 0 aliphatic carbocycles. The lowest BCUT2D eigenvalue weighted by Gasteiger charge is -2.05. The molecule has 0 saturated heterocycles. The topological polar surface area (TPSA) is 104 Å². The molecule has 8 nitrogen and oxygen atoms in total. The second kappa shape index (κ2) is 7.92. The molecule has 0 spiro atoms. The number of carbonyl (C=O) groups excluding carboxylic acids is 2. The van der Waals surface area contributed by atoms with Gasteiger partial charge in [-0.1, -0.05) is 11.8 Å². The maximum Gasteiger partial charge on any atom is 0.277 e. The summed E-state index contributed by atoms with van der Waals surface area (Å²) in [6.45, 7) is 1.48. The fourth-order valence-electron chi connectivity index (χ4n) is 2.64. The second-order valence-electron chi connectivity index (χ2n) is 6.03. The number of Topliss-reactive ketones (excluding diaryl/α,β-unsaturated/α-hetero) is 1. The van der Waals surface area contributed by atoms with Gasteiger partial charge in [-0.25, -0.2) is 4.39 Å². The van der Waals surface area contributed by atoms with E-state index in [4.69, 9.17) is 13.9 Å². The van der Waals surface area contributed by atoms with Gasteiger partial charge >= 0.3 is 0 Å². The standard InChI is InChI=1S/C19H14FN3O5S/c1-10(24)21-12-3-4-13(14(20)7-12)15(25)8-29-19-23-22-18(28-19)11-2-5-16-17(6-11)27-9-26-16/h2-7H,8-9H2,1H3,(H,21,24). The van der Waals surface area contributed by atoms with E-state index in [2.05, 4.69) is 15.5 Å². The van der Waals surface area contributed by atoms with Crippen molar-refractivity contribution >= 4 is 29.1 Å². The summed E-state index contributed by atoms with van der Waals surface area (Å²) in [6.07, 6.45) is 0. The van der Waals surface area contributed by atoms with Crippen LogP contribution in [0.3, 0.4) is 0 Å². The monoisotopic (exact) mass is 415 g/mol. The molecule has 0 fully saturated rings. The van der Waals surface area contributed by atoms with Crippen molar-refractivity contribution < 1.29 is 27.9 Å². The smallest absolute Gasteiger partial charge is 0.277 e. The van der Waals surface area contributed by atoms with Crippen LogP contribution in [0.5, 0.6) is 11.5 Å². The molecule has 0 atom stereocenters. The quantitative estimate of drug-likeness (QED) is 0.482. The molecule has 1 N–H and O–H groups in total. The zero-order valence-electron chi connectivity index (χ0n) is 15.1. The van der Waals surface area contributed by atoms with Crippen molar-refractivity contribution in [2.75, 3.05) is 17.9 Å². The molecule has 29 heavy (non-hydrogen) atoms. The van der Waals surface area contributed by atoms with Gasteiger partial charge in [-0.05, 0) is 36.4 Å². The first kappa shape index (κ1) is 18.9. The van der Waals surface area contributed by atoms with Crippen LogP contribution >= 0.6 is 11.8 Å². The minimum Gasteiger partial charge on any atom is -0.454 e. The number of hydrogen-bond donors (Lipinski definition) is 1.